The predicted octanol–water partition coefficient (Wildman–Crippen LogP) is 2.85. The van der Waals surface area contributed by atoms with E-state index in [1.807, 2.05) is 18.2 Å². The molecule has 0 amide bonds. The topological polar surface area (TPSA) is 49.5 Å². The summed E-state index contributed by atoms with van der Waals surface area (Å²) in [7, 11) is 0. The zero-order valence-electron chi connectivity index (χ0n) is 12.3. The zero-order chi connectivity index (χ0) is 14.5. The van der Waals surface area contributed by atoms with E-state index in [1.165, 1.54) is 5.56 Å². The number of likely N-dealkylation sites (N-methyl/N-ethyl adjacent to an activating group) is 1. The van der Waals surface area contributed by atoms with Crippen LogP contribution in [0.3, 0.4) is 0 Å². The Kier molecular flexibility index (Phi) is 4.93. The van der Waals surface area contributed by atoms with Crippen molar-refractivity contribution in [2.45, 2.75) is 33.4 Å². The highest BCUT2D eigenvalue weighted by Crippen LogP contribution is 2.20. The first-order valence-corrected chi connectivity index (χ1v) is 7.01. The third kappa shape index (κ3) is 3.92. The molecule has 108 valence electrons. The summed E-state index contributed by atoms with van der Waals surface area (Å²) >= 11 is 0. The predicted molar refractivity (Wildman–Crippen MR) is 79.3 cm³/mol. The summed E-state index contributed by atoms with van der Waals surface area (Å²) in [5.41, 5.74) is 3.14. The molecule has 0 saturated heterocycles. The molecule has 1 atom stereocenters. The fourth-order valence-electron chi connectivity index (χ4n) is 2.15. The highest BCUT2D eigenvalue weighted by atomic mass is 16.5. The second kappa shape index (κ2) is 6.68. The Balaban J connectivity index is 2.06. The number of hydrogen-bond donors (Lipinski definition) is 1. The smallest absolute Gasteiger partial charge is 0.151 e. The number of rotatable bonds is 6. The van der Waals surface area contributed by atoms with Gasteiger partial charge in [0.05, 0.1) is 12.6 Å². The summed E-state index contributed by atoms with van der Waals surface area (Å²) in [6.07, 6.45) is -0.338. The van der Waals surface area contributed by atoms with Gasteiger partial charge in [0, 0.05) is 18.2 Å². The summed E-state index contributed by atoms with van der Waals surface area (Å²) in [6, 6.07) is 10.2. The molecule has 0 saturated carbocycles. The number of aromatic nitrogens is 1. The van der Waals surface area contributed by atoms with Crippen LogP contribution in [0.5, 0.6) is 0 Å². The van der Waals surface area contributed by atoms with E-state index < -0.39 is 0 Å². The molecule has 2 aromatic rings. The molecule has 0 aliphatic carbocycles. The van der Waals surface area contributed by atoms with E-state index in [0.717, 1.165) is 23.6 Å². The number of hydrogen-bond acceptors (Lipinski definition) is 4. The van der Waals surface area contributed by atoms with Crippen LogP contribution < -0.4 is 0 Å². The van der Waals surface area contributed by atoms with E-state index in [1.54, 1.807) is 6.92 Å². The van der Waals surface area contributed by atoms with Crippen LogP contribution in [0.2, 0.25) is 0 Å². The minimum Gasteiger partial charge on any atom is -0.392 e. The van der Waals surface area contributed by atoms with Crippen LogP contribution in [0.15, 0.2) is 34.9 Å². The van der Waals surface area contributed by atoms with Crippen LogP contribution in [0.1, 0.15) is 25.2 Å². The third-order valence-electron chi connectivity index (χ3n) is 3.26. The molecule has 0 fully saturated rings. The van der Waals surface area contributed by atoms with Crippen LogP contribution in [0, 0.1) is 6.92 Å². The highest BCUT2D eigenvalue weighted by molar-refractivity contribution is 5.59. The lowest BCUT2D eigenvalue weighted by atomic mass is 10.1. The molecule has 2 rings (SSSR count). The molecule has 0 radical (unpaired) electrons. The molecule has 1 heterocycles. The summed E-state index contributed by atoms with van der Waals surface area (Å²) in [6.45, 7) is 8.09. The Hall–Kier alpha value is -1.65. The summed E-state index contributed by atoms with van der Waals surface area (Å²) in [5.74, 6) is 0.822. The van der Waals surface area contributed by atoms with E-state index in [0.29, 0.717) is 13.1 Å². The first-order chi connectivity index (χ1) is 9.58. The molecule has 1 aromatic carbocycles. The molecular weight excluding hydrogens is 252 g/mol. The average molecular weight is 274 g/mol. The van der Waals surface area contributed by atoms with E-state index in [9.17, 15) is 5.11 Å². The third-order valence-corrected chi connectivity index (χ3v) is 3.26. The molecule has 20 heavy (non-hydrogen) atoms. The van der Waals surface area contributed by atoms with Crippen LogP contribution in [-0.2, 0) is 6.54 Å². The first-order valence-electron chi connectivity index (χ1n) is 7.01. The summed E-state index contributed by atoms with van der Waals surface area (Å²) in [5, 5.41) is 13.6. The van der Waals surface area contributed by atoms with E-state index >= 15 is 0 Å². The molecule has 4 nitrogen and oxygen atoms in total. The first kappa shape index (κ1) is 14.8. The second-order valence-corrected chi connectivity index (χ2v) is 5.22. The van der Waals surface area contributed by atoms with E-state index in [2.05, 4.69) is 36.0 Å². The van der Waals surface area contributed by atoms with Crippen molar-refractivity contribution < 1.29 is 9.63 Å². The molecule has 0 aliphatic rings. The minimum atomic E-state index is -0.338. The fourth-order valence-corrected chi connectivity index (χ4v) is 2.15. The molecular formula is C16H22N2O2. The molecule has 4 heteroatoms. The van der Waals surface area contributed by atoms with Gasteiger partial charge in [-0.1, -0.05) is 41.9 Å². The summed E-state index contributed by atoms with van der Waals surface area (Å²) < 4.78 is 5.39. The van der Waals surface area contributed by atoms with Crippen molar-refractivity contribution >= 4 is 0 Å². The van der Waals surface area contributed by atoms with Crippen LogP contribution in [-0.4, -0.2) is 34.4 Å². The number of benzene rings is 1. The highest BCUT2D eigenvalue weighted by Gasteiger charge is 2.12. The van der Waals surface area contributed by atoms with Crippen LogP contribution in [0.25, 0.3) is 11.3 Å². The quantitative estimate of drug-likeness (QED) is 0.880. The van der Waals surface area contributed by atoms with Crippen LogP contribution >= 0.6 is 0 Å². The second-order valence-electron chi connectivity index (χ2n) is 5.22. The lowest BCUT2D eigenvalue weighted by Gasteiger charge is -2.19. The molecule has 0 aliphatic heterocycles. The van der Waals surface area contributed by atoms with Gasteiger partial charge in [-0.3, -0.25) is 4.90 Å². The number of aryl methyl sites for hydroxylation is 1. The zero-order valence-corrected chi connectivity index (χ0v) is 12.3. The Morgan fingerprint density at radius 1 is 1.30 bits per heavy atom. The van der Waals surface area contributed by atoms with Crippen molar-refractivity contribution in [2.24, 2.45) is 0 Å². The van der Waals surface area contributed by atoms with Crippen molar-refractivity contribution in [3.05, 3.63) is 41.7 Å². The van der Waals surface area contributed by atoms with Crippen molar-refractivity contribution in [1.82, 2.24) is 10.1 Å². The normalized spacial score (nSPS) is 12.8. The lowest BCUT2D eigenvalue weighted by molar-refractivity contribution is 0.119. The van der Waals surface area contributed by atoms with Gasteiger partial charge in [-0.15, -0.1) is 0 Å². The minimum absolute atomic E-state index is 0.338. The molecule has 1 aromatic heterocycles. The monoisotopic (exact) mass is 274 g/mol. The molecule has 0 unspecified atom stereocenters. The van der Waals surface area contributed by atoms with E-state index in [4.69, 9.17) is 4.52 Å². The van der Waals surface area contributed by atoms with Gasteiger partial charge in [-0.25, -0.2) is 0 Å². The van der Waals surface area contributed by atoms with Crippen molar-refractivity contribution in [2.75, 3.05) is 13.1 Å². The Morgan fingerprint density at radius 3 is 2.60 bits per heavy atom. The largest absolute Gasteiger partial charge is 0.392 e. The van der Waals surface area contributed by atoms with Gasteiger partial charge in [0.1, 0.15) is 5.69 Å². The molecule has 1 N–H and O–H groups in total. The average Bonchev–Trinajstić information content (AvgIpc) is 2.87. The van der Waals surface area contributed by atoms with Crippen molar-refractivity contribution in [1.29, 1.82) is 0 Å². The maximum absolute atomic E-state index is 9.45. The van der Waals surface area contributed by atoms with Gasteiger partial charge in [-0.05, 0) is 20.4 Å². The van der Waals surface area contributed by atoms with E-state index in [-0.39, 0.29) is 6.10 Å². The molecule has 0 spiro atoms. The van der Waals surface area contributed by atoms with Crippen molar-refractivity contribution in [3.63, 3.8) is 0 Å². The van der Waals surface area contributed by atoms with Gasteiger partial charge in [0.2, 0.25) is 0 Å². The number of nitrogens with zero attached hydrogens (tertiary/aromatic N) is 2. The SMILES string of the molecule is CCN(Cc1cc(-c2ccc(C)cc2)no1)C[C@@H](C)O. The standard InChI is InChI=1S/C16H22N2O2/c1-4-18(10-13(3)19)11-15-9-16(17-20-15)14-7-5-12(2)6-8-14/h5-9,13,19H,4,10-11H2,1-3H3/t13-/m1/s1. The Morgan fingerprint density at radius 2 is 2.00 bits per heavy atom. The van der Waals surface area contributed by atoms with Gasteiger partial charge in [0.15, 0.2) is 5.76 Å². The number of aliphatic hydroxyl groups is 1. The van der Waals surface area contributed by atoms with Crippen LogP contribution in [0.4, 0.5) is 0 Å². The Bertz CT molecular complexity index is 532. The maximum Gasteiger partial charge on any atom is 0.151 e. The number of aliphatic hydroxyl groups excluding tert-OH is 1. The van der Waals surface area contributed by atoms with Gasteiger partial charge < -0.3 is 9.63 Å². The molecule has 0 bridgehead atoms. The summed E-state index contributed by atoms with van der Waals surface area (Å²) in [4.78, 5) is 2.13. The Labute approximate surface area is 120 Å². The van der Waals surface area contributed by atoms with Gasteiger partial charge >= 0.3 is 0 Å². The lowest BCUT2D eigenvalue weighted by Crippen LogP contribution is -2.30. The maximum atomic E-state index is 9.45. The fraction of sp³-hybridized carbons (Fsp3) is 0.438. The van der Waals surface area contributed by atoms with Crippen molar-refractivity contribution in [3.8, 4) is 11.3 Å². The van der Waals surface area contributed by atoms with Gasteiger partial charge in [-0.2, -0.15) is 0 Å². The van der Waals surface area contributed by atoms with Gasteiger partial charge in [0.25, 0.3) is 0 Å².